The molecule has 1 aromatic rings. The number of rotatable bonds is 5. The fourth-order valence-electron chi connectivity index (χ4n) is 4.05. The van der Waals surface area contributed by atoms with E-state index >= 15 is 0 Å². The van der Waals surface area contributed by atoms with Gasteiger partial charge in [-0.1, -0.05) is 6.07 Å². The van der Waals surface area contributed by atoms with Gasteiger partial charge in [0, 0.05) is 26.1 Å². The van der Waals surface area contributed by atoms with Crippen LogP contribution in [0.2, 0.25) is 0 Å². The van der Waals surface area contributed by atoms with Gasteiger partial charge in [0.05, 0.1) is 6.61 Å². The molecule has 2 aliphatic heterocycles. The zero-order chi connectivity index (χ0) is 18.3. The first-order chi connectivity index (χ1) is 12.5. The van der Waals surface area contributed by atoms with Crippen molar-refractivity contribution in [3.05, 3.63) is 23.8 Å². The number of carbonyl (C=O) groups excluding carboxylic acids is 1. The van der Waals surface area contributed by atoms with E-state index in [1.54, 1.807) is 4.90 Å². The van der Waals surface area contributed by atoms with Crippen LogP contribution in [0.5, 0.6) is 11.5 Å². The van der Waals surface area contributed by atoms with Gasteiger partial charge in [-0.2, -0.15) is 0 Å². The highest BCUT2D eigenvalue weighted by Gasteiger charge is 2.51. The minimum atomic E-state index is -0.980. The number of fused-ring (bicyclic) bond motifs is 1. The summed E-state index contributed by atoms with van der Waals surface area (Å²) in [7, 11) is 1.49. The predicted molar refractivity (Wildman–Crippen MR) is 91.4 cm³/mol. The fraction of sp³-hybridized carbons (Fsp3) is 0.579. The van der Waals surface area contributed by atoms with Crippen LogP contribution in [0.15, 0.2) is 18.2 Å². The molecule has 7 nitrogen and oxygen atoms in total. The molecule has 1 saturated heterocycles. The molecule has 0 radical (unpaired) electrons. The summed E-state index contributed by atoms with van der Waals surface area (Å²) in [5.41, 5.74) is 0.0967. The Hall–Kier alpha value is -2.28. The van der Waals surface area contributed by atoms with Gasteiger partial charge in [-0.15, -0.1) is 0 Å². The molecule has 3 atom stereocenters. The molecule has 140 valence electrons. The van der Waals surface area contributed by atoms with Gasteiger partial charge in [0.15, 0.2) is 11.5 Å². The van der Waals surface area contributed by atoms with Crippen molar-refractivity contribution in [1.82, 2.24) is 4.90 Å². The zero-order valence-electron chi connectivity index (χ0n) is 14.8. The van der Waals surface area contributed by atoms with Crippen LogP contribution < -0.4 is 9.47 Å². The Morgan fingerprint density at radius 2 is 2.08 bits per heavy atom. The Balaban J connectivity index is 1.42. The highest BCUT2D eigenvalue weighted by atomic mass is 16.6. The highest BCUT2D eigenvalue weighted by molar-refractivity contribution is 5.85. The maximum absolute atomic E-state index is 12.8. The van der Waals surface area contributed by atoms with Crippen LogP contribution in [0.4, 0.5) is 0 Å². The first kappa shape index (κ1) is 17.1. The SMILES string of the molecule is COCC1(C(=O)O)CCN(C(=O)C2CC2c2ccc3c(c2)OCCO3)C1. The lowest BCUT2D eigenvalue weighted by Gasteiger charge is -2.24. The van der Waals surface area contributed by atoms with Gasteiger partial charge < -0.3 is 24.2 Å². The van der Waals surface area contributed by atoms with E-state index in [2.05, 4.69) is 0 Å². The quantitative estimate of drug-likeness (QED) is 0.856. The number of aliphatic carboxylic acids is 1. The number of carboxylic acid groups (broad SMARTS) is 1. The lowest BCUT2D eigenvalue weighted by atomic mass is 9.88. The van der Waals surface area contributed by atoms with E-state index in [4.69, 9.17) is 14.2 Å². The molecule has 1 amide bonds. The molecule has 7 heteroatoms. The largest absolute Gasteiger partial charge is 0.486 e. The highest BCUT2D eigenvalue weighted by Crippen LogP contribution is 2.51. The van der Waals surface area contributed by atoms with Crippen LogP contribution in [0.3, 0.4) is 0 Å². The van der Waals surface area contributed by atoms with E-state index < -0.39 is 11.4 Å². The molecule has 1 aliphatic carbocycles. The van der Waals surface area contributed by atoms with E-state index in [1.165, 1.54) is 7.11 Å². The topological polar surface area (TPSA) is 85.3 Å². The number of ether oxygens (including phenoxy) is 3. The second-order valence-corrected chi connectivity index (χ2v) is 7.38. The average molecular weight is 361 g/mol. The molecule has 1 saturated carbocycles. The minimum absolute atomic E-state index is 0.0455. The first-order valence-electron chi connectivity index (χ1n) is 8.95. The summed E-state index contributed by atoms with van der Waals surface area (Å²) in [6.07, 6.45) is 1.22. The molecule has 0 spiro atoms. The third kappa shape index (κ3) is 2.90. The van der Waals surface area contributed by atoms with E-state index in [1.807, 2.05) is 18.2 Å². The third-order valence-corrected chi connectivity index (χ3v) is 5.64. The summed E-state index contributed by atoms with van der Waals surface area (Å²) in [4.78, 5) is 26.2. The van der Waals surface area contributed by atoms with Crippen LogP contribution in [-0.2, 0) is 14.3 Å². The van der Waals surface area contributed by atoms with Crippen molar-refractivity contribution in [1.29, 1.82) is 0 Å². The number of hydrogen-bond donors (Lipinski definition) is 1. The van der Waals surface area contributed by atoms with Crippen LogP contribution >= 0.6 is 0 Å². The zero-order valence-corrected chi connectivity index (χ0v) is 14.8. The number of likely N-dealkylation sites (tertiary alicyclic amines) is 1. The van der Waals surface area contributed by atoms with Gasteiger partial charge in [0.1, 0.15) is 18.6 Å². The molecule has 4 rings (SSSR count). The van der Waals surface area contributed by atoms with Crippen molar-refractivity contribution >= 4 is 11.9 Å². The third-order valence-electron chi connectivity index (χ3n) is 5.64. The molecule has 3 unspecified atom stereocenters. The Morgan fingerprint density at radius 1 is 1.31 bits per heavy atom. The molecule has 2 fully saturated rings. The van der Waals surface area contributed by atoms with Gasteiger partial charge in [-0.05, 0) is 36.5 Å². The van der Waals surface area contributed by atoms with E-state index in [0.29, 0.717) is 26.2 Å². The lowest BCUT2D eigenvalue weighted by molar-refractivity contribution is -0.151. The van der Waals surface area contributed by atoms with Gasteiger partial charge in [0.2, 0.25) is 5.91 Å². The summed E-state index contributed by atoms with van der Waals surface area (Å²) in [5, 5.41) is 9.55. The molecule has 0 aromatic heterocycles. The maximum atomic E-state index is 12.8. The Kier molecular flexibility index (Phi) is 4.26. The normalized spacial score (nSPS) is 29.5. The second kappa shape index (κ2) is 6.46. The van der Waals surface area contributed by atoms with E-state index in [-0.39, 0.29) is 30.9 Å². The predicted octanol–water partition coefficient (Wildman–Crippen LogP) is 1.51. The van der Waals surface area contributed by atoms with Gasteiger partial charge in [-0.3, -0.25) is 9.59 Å². The van der Waals surface area contributed by atoms with E-state index in [0.717, 1.165) is 23.5 Å². The molecular formula is C19H23NO6. The lowest BCUT2D eigenvalue weighted by Crippen LogP contribution is -2.40. The number of benzene rings is 1. The van der Waals surface area contributed by atoms with Crippen molar-refractivity contribution in [2.24, 2.45) is 11.3 Å². The van der Waals surface area contributed by atoms with Crippen molar-refractivity contribution in [2.45, 2.75) is 18.8 Å². The first-order valence-corrected chi connectivity index (χ1v) is 8.95. The molecular weight excluding hydrogens is 338 g/mol. The van der Waals surface area contributed by atoms with Crippen LogP contribution in [0.1, 0.15) is 24.3 Å². The smallest absolute Gasteiger partial charge is 0.313 e. The monoisotopic (exact) mass is 361 g/mol. The molecule has 26 heavy (non-hydrogen) atoms. The molecule has 3 aliphatic rings. The number of carbonyl (C=O) groups is 2. The number of methoxy groups -OCH3 is 1. The van der Waals surface area contributed by atoms with Gasteiger partial charge >= 0.3 is 5.97 Å². The number of amides is 1. The second-order valence-electron chi connectivity index (χ2n) is 7.38. The number of nitrogens with zero attached hydrogens (tertiary/aromatic N) is 1. The summed E-state index contributed by atoms with van der Waals surface area (Å²) >= 11 is 0. The summed E-state index contributed by atoms with van der Waals surface area (Å²) < 4.78 is 16.2. The van der Waals surface area contributed by atoms with Crippen molar-refractivity contribution in [2.75, 3.05) is 40.0 Å². The molecule has 0 bridgehead atoms. The molecule has 1 N–H and O–H groups in total. The molecule has 2 heterocycles. The fourth-order valence-corrected chi connectivity index (χ4v) is 4.05. The maximum Gasteiger partial charge on any atom is 0.313 e. The number of carboxylic acids is 1. The standard InChI is InChI=1S/C19H23NO6/c1-24-11-19(18(22)23)4-5-20(10-19)17(21)14-9-13(14)12-2-3-15-16(8-12)26-7-6-25-15/h2-3,8,13-14H,4-7,9-11H2,1H3,(H,22,23). The molecule has 1 aromatic carbocycles. The van der Waals surface area contributed by atoms with Crippen LogP contribution in [0.25, 0.3) is 0 Å². The van der Waals surface area contributed by atoms with Gasteiger partial charge in [-0.25, -0.2) is 0 Å². The van der Waals surface area contributed by atoms with Crippen molar-refractivity contribution < 1.29 is 28.9 Å². The summed E-state index contributed by atoms with van der Waals surface area (Å²) in [6, 6.07) is 5.85. The summed E-state index contributed by atoms with van der Waals surface area (Å²) in [6.45, 7) is 1.91. The van der Waals surface area contributed by atoms with Crippen LogP contribution in [0, 0.1) is 11.3 Å². The minimum Gasteiger partial charge on any atom is -0.486 e. The Labute approximate surface area is 151 Å². The van der Waals surface area contributed by atoms with Gasteiger partial charge in [0.25, 0.3) is 0 Å². The average Bonchev–Trinajstić information content (AvgIpc) is 3.33. The van der Waals surface area contributed by atoms with E-state index in [9.17, 15) is 14.7 Å². The van der Waals surface area contributed by atoms with Crippen molar-refractivity contribution in [3.63, 3.8) is 0 Å². The number of hydrogen-bond acceptors (Lipinski definition) is 5. The summed E-state index contributed by atoms with van der Waals surface area (Å²) in [5.74, 6) is 0.718. The van der Waals surface area contributed by atoms with Crippen molar-refractivity contribution in [3.8, 4) is 11.5 Å². The Morgan fingerprint density at radius 3 is 2.81 bits per heavy atom. The van der Waals surface area contributed by atoms with Crippen LogP contribution in [-0.4, -0.2) is 61.9 Å². The Bertz CT molecular complexity index is 735.